The number of thiocarbonyl (C=S) groups is 1. The Balaban J connectivity index is 1.40. The van der Waals surface area contributed by atoms with Crippen molar-refractivity contribution in [1.82, 2.24) is 4.57 Å². The lowest BCUT2D eigenvalue weighted by Gasteiger charge is -2.13. The topological polar surface area (TPSA) is 43.7 Å². The minimum Gasteiger partial charge on any atom is -0.493 e. The Morgan fingerprint density at radius 3 is 2.44 bits per heavy atom. The Morgan fingerprint density at radius 1 is 0.941 bits per heavy atom. The van der Waals surface area contributed by atoms with Gasteiger partial charge in [-0.1, -0.05) is 72.5 Å². The highest BCUT2D eigenvalue weighted by Gasteiger charge is 2.33. The fourth-order valence-corrected chi connectivity index (χ4v) is 5.27. The lowest BCUT2D eigenvalue weighted by atomic mass is 10.1. The van der Waals surface area contributed by atoms with Gasteiger partial charge in [-0.3, -0.25) is 9.69 Å². The van der Waals surface area contributed by atoms with Crippen LogP contribution >= 0.6 is 24.0 Å². The maximum absolute atomic E-state index is 13.2. The van der Waals surface area contributed by atoms with Crippen LogP contribution in [0, 0.1) is 0 Å². The first-order chi connectivity index (χ1) is 16.7. The first-order valence-corrected chi connectivity index (χ1v) is 12.0. The van der Waals surface area contributed by atoms with Crippen LogP contribution in [-0.4, -0.2) is 28.5 Å². The van der Waals surface area contributed by atoms with E-state index in [9.17, 15) is 4.79 Å². The molecule has 0 spiro atoms. The summed E-state index contributed by atoms with van der Waals surface area (Å²) in [4.78, 5) is 15.4. The lowest BCUT2D eigenvalue weighted by Crippen LogP contribution is -2.27. The normalized spacial score (nSPS) is 14.9. The zero-order chi connectivity index (χ0) is 23.5. The Labute approximate surface area is 207 Å². The molecule has 0 N–H and O–H groups in total. The molecular formula is C27H22N2O3S2. The van der Waals surface area contributed by atoms with Gasteiger partial charge in [-0.15, -0.1) is 0 Å². The number of hydrogen-bond acceptors (Lipinski definition) is 5. The first-order valence-electron chi connectivity index (χ1n) is 10.8. The quantitative estimate of drug-likeness (QED) is 0.232. The summed E-state index contributed by atoms with van der Waals surface area (Å²) in [6, 6.07) is 25.3. The van der Waals surface area contributed by atoms with Crippen LogP contribution in [-0.2, 0) is 11.3 Å². The van der Waals surface area contributed by atoms with Crippen molar-refractivity contribution in [2.45, 2.75) is 6.54 Å². The third kappa shape index (κ3) is 4.32. The van der Waals surface area contributed by atoms with Crippen LogP contribution in [0.1, 0.15) is 5.56 Å². The summed E-state index contributed by atoms with van der Waals surface area (Å²) in [5.41, 5.74) is 2.83. The molecular weight excluding hydrogens is 464 g/mol. The Kier molecular flexibility index (Phi) is 6.38. The number of nitrogens with zero attached hydrogens (tertiary/aromatic N) is 2. The second kappa shape index (κ2) is 9.75. The summed E-state index contributed by atoms with van der Waals surface area (Å²) in [6.45, 7) is 1.13. The molecule has 0 aliphatic carbocycles. The van der Waals surface area contributed by atoms with Crippen molar-refractivity contribution in [3.63, 3.8) is 0 Å². The molecule has 0 unspecified atom stereocenters. The fourth-order valence-electron chi connectivity index (χ4n) is 3.98. The van der Waals surface area contributed by atoms with Crippen molar-refractivity contribution in [1.29, 1.82) is 0 Å². The molecule has 0 radical (unpaired) electrons. The van der Waals surface area contributed by atoms with Gasteiger partial charge in [-0.05, 0) is 36.4 Å². The number of para-hydroxylation sites is 4. The minimum absolute atomic E-state index is 0.0995. The molecule has 1 aliphatic heterocycles. The minimum atomic E-state index is -0.0995. The Hall–Kier alpha value is -3.55. The summed E-state index contributed by atoms with van der Waals surface area (Å²) in [7, 11) is 1.63. The van der Waals surface area contributed by atoms with Crippen molar-refractivity contribution < 1.29 is 14.3 Å². The molecule has 34 heavy (non-hydrogen) atoms. The molecule has 5 nitrogen and oxygen atoms in total. The van der Waals surface area contributed by atoms with Crippen LogP contribution in [0.25, 0.3) is 17.0 Å². The Morgan fingerprint density at radius 2 is 1.65 bits per heavy atom. The smallest absolute Gasteiger partial charge is 0.270 e. The van der Waals surface area contributed by atoms with Crippen molar-refractivity contribution in [2.24, 2.45) is 0 Å². The summed E-state index contributed by atoms with van der Waals surface area (Å²) in [5.74, 6) is 1.32. The van der Waals surface area contributed by atoms with E-state index in [1.165, 1.54) is 11.8 Å². The van der Waals surface area contributed by atoms with Gasteiger partial charge in [0.25, 0.3) is 5.91 Å². The number of carbonyl (C=O) groups excluding carboxylic acids is 1. The van der Waals surface area contributed by atoms with Gasteiger partial charge in [-0.25, -0.2) is 0 Å². The molecule has 1 aliphatic rings. The van der Waals surface area contributed by atoms with Crippen molar-refractivity contribution in [3.05, 3.63) is 95.5 Å². The zero-order valence-corrected chi connectivity index (χ0v) is 20.1. The van der Waals surface area contributed by atoms with Crippen molar-refractivity contribution in [2.75, 3.05) is 18.6 Å². The highest BCUT2D eigenvalue weighted by molar-refractivity contribution is 8.27. The molecule has 0 saturated carbocycles. The van der Waals surface area contributed by atoms with Gasteiger partial charge in [-0.2, -0.15) is 0 Å². The molecule has 1 saturated heterocycles. The standard InChI is InChI=1S/C27H22N2O3S2/c1-31-23-13-7-8-14-24(23)32-16-15-28-18-19(21-11-5-6-12-22(21)28)17-25-26(30)29(27(33)34-25)20-9-3-2-4-10-20/h2-14,17-18H,15-16H2,1H3. The SMILES string of the molecule is COc1ccccc1OCCn1cc(C=C2SC(=S)N(c3ccccc3)C2=O)c2ccccc21. The predicted molar refractivity (Wildman–Crippen MR) is 143 cm³/mol. The number of thioether (sulfide) groups is 1. The lowest BCUT2D eigenvalue weighted by molar-refractivity contribution is -0.113. The van der Waals surface area contributed by atoms with Gasteiger partial charge in [0.15, 0.2) is 15.8 Å². The molecule has 0 atom stereocenters. The van der Waals surface area contributed by atoms with Crippen molar-refractivity contribution >= 4 is 56.9 Å². The van der Waals surface area contributed by atoms with E-state index in [0.29, 0.717) is 33.9 Å². The highest BCUT2D eigenvalue weighted by Crippen LogP contribution is 2.37. The zero-order valence-electron chi connectivity index (χ0n) is 18.5. The van der Waals surface area contributed by atoms with Gasteiger partial charge in [0.05, 0.1) is 24.2 Å². The number of amides is 1. The van der Waals surface area contributed by atoms with Crippen LogP contribution in [0.2, 0.25) is 0 Å². The van der Waals surface area contributed by atoms with Gasteiger partial charge >= 0.3 is 0 Å². The van der Waals surface area contributed by atoms with E-state index in [4.69, 9.17) is 21.7 Å². The third-order valence-corrected chi connectivity index (χ3v) is 6.88. The number of carbonyl (C=O) groups is 1. The molecule has 170 valence electrons. The van der Waals surface area contributed by atoms with Gasteiger partial charge < -0.3 is 14.0 Å². The van der Waals surface area contributed by atoms with Crippen LogP contribution in [0.4, 0.5) is 5.69 Å². The first kappa shape index (κ1) is 22.3. The fraction of sp³-hybridized carbons (Fsp3) is 0.111. The van der Waals surface area contributed by atoms with Gasteiger partial charge in [0.1, 0.15) is 6.61 Å². The maximum atomic E-state index is 13.2. The summed E-state index contributed by atoms with van der Waals surface area (Å²) < 4.78 is 14.0. The van der Waals surface area contributed by atoms with E-state index in [2.05, 4.69) is 22.9 Å². The predicted octanol–water partition coefficient (Wildman–Crippen LogP) is 6.13. The van der Waals surface area contributed by atoms with E-state index >= 15 is 0 Å². The number of hydrogen-bond donors (Lipinski definition) is 0. The molecule has 1 aromatic heterocycles. The average molecular weight is 487 g/mol. The molecule has 3 aromatic carbocycles. The second-order valence-electron chi connectivity index (χ2n) is 7.65. The molecule has 4 aromatic rings. The number of methoxy groups -OCH3 is 1. The number of fused-ring (bicyclic) bond motifs is 1. The molecule has 5 rings (SSSR count). The van der Waals surface area contributed by atoms with E-state index in [0.717, 1.165) is 22.2 Å². The summed E-state index contributed by atoms with van der Waals surface area (Å²) in [6.07, 6.45) is 3.99. The second-order valence-corrected chi connectivity index (χ2v) is 9.32. The van der Waals surface area contributed by atoms with Crippen LogP contribution < -0.4 is 14.4 Å². The average Bonchev–Trinajstić information content (AvgIpc) is 3.36. The molecule has 1 fully saturated rings. The van der Waals surface area contributed by atoms with Crippen LogP contribution in [0.3, 0.4) is 0 Å². The number of rotatable bonds is 7. The largest absolute Gasteiger partial charge is 0.493 e. The number of anilines is 1. The van der Waals surface area contributed by atoms with Crippen molar-refractivity contribution in [3.8, 4) is 11.5 Å². The highest BCUT2D eigenvalue weighted by atomic mass is 32.2. The maximum Gasteiger partial charge on any atom is 0.270 e. The summed E-state index contributed by atoms with van der Waals surface area (Å²) in [5, 5.41) is 1.07. The molecule has 1 amide bonds. The number of ether oxygens (including phenoxy) is 2. The van der Waals surface area contributed by atoms with E-state index in [1.807, 2.05) is 72.8 Å². The van der Waals surface area contributed by atoms with Crippen LogP contribution in [0.5, 0.6) is 11.5 Å². The van der Waals surface area contributed by atoms with E-state index in [1.54, 1.807) is 12.0 Å². The van der Waals surface area contributed by atoms with E-state index in [-0.39, 0.29) is 5.91 Å². The molecule has 2 heterocycles. The Bertz CT molecular complexity index is 1400. The van der Waals surface area contributed by atoms with Gasteiger partial charge in [0, 0.05) is 22.7 Å². The number of benzene rings is 3. The number of aromatic nitrogens is 1. The molecule has 0 bridgehead atoms. The van der Waals surface area contributed by atoms with E-state index < -0.39 is 0 Å². The van der Waals surface area contributed by atoms with Crippen LogP contribution in [0.15, 0.2) is 90.0 Å². The third-order valence-electron chi connectivity index (χ3n) is 5.57. The monoisotopic (exact) mass is 486 g/mol. The van der Waals surface area contributed by atoms with Gasteiger partial charge in [0.2, 0.25) is 0 Å². The summed E-state index contributed by atoms with van der Waals surface area (Å²) >= 11 is 6.84. The molecule has 7 heteroatoms.